The van der Waals surface area contributed by atoms with Crippen molar-refractivity contribution in [2.45, 2.75) is 31.7 Å². The number of nitrogens with zero attached hydrogens (tertiary/aromatic N) is 2. The van der Waals surface area contributed by atoms with E-state index in [2.05, 4.69) is 29.1 Å². The molecule has 2 aliphatic rings. The lowest BCUT2D eigenvalue weighted by Gasteiger charge is -2.36. The molecule has 4 nitrogen and oxygen atoms in total. The van der Waals surface area contributed by atoms with Gasteiger partial charge in [-0.3, -0.25) is 4.79 Å². The lowest BCUT2D eigenvalue weighted by molar-refractivity contribution is -0.138. The summed E-state index contributed by atoms with van der Waals surface area (Å²) in [6.45, 7) is 6.06. The van der Waals surface area contributed by atoms with Crippen molar-refractivity contribution in [3.8, 4) is 0 Å². The number of amides is 1. The number of hydrogen-bond donors (Lipinski definition) is 1. The first-order valence-corrected chi connectivity index (χ1v) is 6.71. The minimum absolute atomic E-state index is 0.0347. The summed E-state index contributed by atoms with van der Waals surface area (Å²) < 4.78 is 0. The van der Waals surface area contributed by atoms with Crippen LogP contribution in [0.1, 0.15) is 26.2 Å². The highest BCUT2D eigenvalue weighted by Gasteiger charge is 2.42. The molecule has 4 heteroatoms. The molecule has 1 N–H and O–H groups in total. The lowest BCUT2D eigenvalue weighted by atomic mass is 9.97. The topological polar surface area (TPSA) is 35.6 Å². The SMILES string of the molecule is CNCC1(C)CCCN1C(=O)C1CCN(C)C1. The van der Waals surface area contributed by atoms with Gasteiger partial charge in [-0.15, -0.1) is 0 Å². The van der Waals surface area contributed by atoms with Crippen molar-refractivity contribution >= 4 is 5.91 Å². The van der Waals surface area contributed by atoms with Gasteiger partial charge in [-0.1, -0.05) is 0 Å². The van der Waals surface area contributed by atoms with Crippen LogP contribution >= 0.6 is 0 Å². The molecular formula is C13H25N3O. The second kappa shape index (κ2) is 4.94. The molecular weight excluding hydrogens is 214 g/mol. The molecule has 2 heterocycles. The first-order valence-electron chi connectivity index (χ1n) is 6.71. The van der Waals surface area contributed by atoms with Crippen LogP contribution in [0.15, 0.2) is 0 Å². The van der Waals surface area contributed by atoms with Crippen LogP contribution in [0.3, 0.4) is 0 Å². The van der Waals surface area contributed by atoms with Gasteiger partial charge >= 0.3 is 0 Å². The minimum atomic E-state index is 0.0347. The van der Waals surface area contributed by atoms with E-state index in [-0.39, 0.29) is 11.5 Å². The van der Waals surface area contributed by atoms with Gasteiger partial charge in [-0.2, -0.15) is 0 Å². The molecule has 0 bridgehead atoms. The standard InChI is InChI=1S/C13H25N3O/c1-13(10-14-2)6-4-7-16(13)12(17)11-5-8-15(3)9-11/h11,14H,4-10H2,1-3H3. The molecule has 17 heavy (non-hydrogen) atoms. The summed E-state index contributed by atoms with van der Waals surface area (Å²) in [5.41, 5.74) is 0.0347. The molecule has 2 unspecified atom stereocenters. The molecule has 2 rings (SSSR count). The second-order valence-corrected chi connectivity index (χ2v) is 5.87. The number of likely N-dealkylation sites (tertiary alicyclic amines) is 2. The molecule has 2 fully saturated rings. The molecule has 0 aliphatic carbocycles. The largest absolute Gasteiger partial charge is 0.336 e. The van der Waals surface area contributed by atoms with Crippen molar-refractivity contribution < 1.29 is 4.79 Å². The minimum Gasteiger partial charge on any atom is -0.336 e. The zero-order chi connectivity index (χ0) is 12.5. The van der Waals surface area contributed by atoms with Gasteiger partial charge in [0, 0.05) is 19.6 Å². The third-order valence-corrected chi connectivity index (χ3v) is 4.31. The third-order valence-electron chi connectivity index (χ3n) is 4.31. The summed E-state index contributed by atoms with van der Waals surface area (Å²) in [5.74, 6) is 0.610. The number of nitrogens with one attached hydrogen (secondary N) is 1. The zero-order valence-corrected chi connectivity index (χ0v) is 11.3. The van der Waals surface area contributed by atoms with Gasteiger partial charge in [0.15, 0.2) is 0 Å². The van der Waals surface area contributed by atoms with Crippen LogP contribution in [0.4, 0.5) is 0 Å². The predicted molar refractivity (Wildman–Crippen MR) is 68.9 cm³/mol. The van der Waals surface area contributed by atoms with E-state index < -0.39 is 0 Å². The Kier molecular flexibility index (Phi) is 3.73. The van der Waals surface area contributed by atoms with E-state index in [4.69, 9.17) is 0 Å². The number of rotatable bonds is 3. The first-order chi connectivity index (χ1) is 8.07. The summed E-state index contributed by atoms with van der Waals surface area (Å²) in [7, 11) is 4.07. The van der Waals surface area contributed by atoms with E-state index in [9.17, 15) is 4.79 Å². The fourth-order valence-corrected chi connectivity index (χ4v) is 3.32. The maximum Gasteiger partial charge on any atom is 0.227 e. The van der Waals surface area contributed by atoms with Gasteiger partial charge in [0.05, 0.1) is 11.5 Å². The van der Waals surface area contributed by atoms with Crippen molar-refractivity contribution in [2.24, 2.45) is 5.92 Å². The van der Waals surface area contributed by atoms with Gasteiger partial charge < -0.3 is 15.1 Å². The molecule has 2 saturated heterocycles. The molecule has 0 aromatic rings. The molecule has 2 atom stereocenters. The Balaban J connectivity index is 2.03. The predicted octanol–water partition coefficient (Wildman–Crippen LogP) is 0.539. The van der Waals surface area contributed by atoms with Gasteiger partial charge in [0.25, 0.3) is 0 Å². The van der Waals surface area contributed by atoms with E-state index in [1.54, 1.807) is 0 Å². The molecule has 0 spiro atoms. The van der Waals surface area contributed by atoms with Crippen LogP contribution in [0.25, 0.3) is 0 Å². The van der Waals surface area contributed by atoms with Crippen molar-refractivity contribution in [1.82, 2.24) is 15.1 Å². The smallest absolute Gasteiger partial charge is 0.227 e. The molecule has 0 aromatic carbocycles. The second-order valence-electron chi connectivity index (χ2n) is 5.87. The Morgan fingerprint density at radius 1 is 1.47 bits per heavy atom. The number of likely N-dealkylation sites (N-methyl/N-ethyl adjacent to an activating group) is 1. The van der Waals surface area contributed by atoms with Gasteiger partial charge in [-0.05, 0) is 46.8 Å². The Labute approximate surface area is 104 Å². The highest BCUT2D eigenvalue weighted by molar-refractivity contribution is 5.80. The average Bonchev–Trinajstić information content (AvgIpc) is 2.85. The van der Waals surface area contributed by atoms with E-state index in [0.29, 0.717) is 5.91 Å². The van der Waals surface area contributed by atoms with E-state index >= 15 is 0 Å². The van der Waals surface area contributed by atoms with E-state index in [1.807, 2.05) is 7.05 Å². The lowest BCUT2D eigenvalue weighted by Crippen LogP contribution is -2.52. The van der Waals surface area contributed by atoms with E-state index in [1.165, 1.54) is 0 Å². The highest BCUT2D eigenvalue weighted by Crippen LogP contribution is 2.31. The number of carbonyl (C=O) groups is 1. The quantitative estimate of drug-likeness (QED) is 0.781. The monoisotopic (exact) mass is 239 g/mol. The van der Waals surface area contributed by atoms with Crippen LogP contribution in [-0.4, -0.2) is 61.5 Å². The Bertz CT molecular complexity index is 294. The highest BCUT2D eigenvalue weighted by atomic mass is 16.2. The Hall–Kier alpha value is -0.610. The summed E-state index contributed by atoms with van der Waals surface area (Å²) in [4.78, 5) is 16.9. The Morgan fingerprint density at radius 2 is 2.24 bits per heavy atom. The summed E-state index contributed by atoms with van der Waals surface area (Å²) in [6.07, 6.45) is 3.30. The van der Waals surface area contributed by atoms with Gasteiger partial charge in [-0.25, -0.2) is 0 Å². The molecule has 2 aliphatic heterocycles. The van der Waals surface area contributed by atoms with Gasteiger partial charge in [0.2, 0.25) is 5.91 Å². The normalized spacial score (nSPS) is 34.5. The molecule has 0 radical (unpaired) electrons. The van der Waals surface area contributed by atoms with Crippen molar-refractivity contribution in [3.05, 3.63) is 0 Å². The summed E-state index contributed by atoms with van der Waals surface area (Å²) in [5, 5.41) is 3.23. The zero-order valence-electron chi connectivity index (χ0n) is 11.3. The third kappa shape index (κ3) is 2.47. The first kappa shape index (κ1) is 12.8. The molecule has 0 saturated carbocycles. The maximum absolute atomic E-state index is 12.6. The fourth-order valence-electron chi connectivity index (χ4n) is 3.32. The van der Waals surface area contributed by atoms with Crippen molar-refractivity contribution in [3.63, 3.8) is 0 Å². The van der Waals surface area contributed by atoms with Crippen LogP contribution in [0, 0.1) is 5.92 Å². The molecule has 0 aromatic heterocycles. The van der Waals surface area contributed by atoms with Crippen LogP contribution < -0.4 is 5.32 Å². The average molecular weight is 239 g/mol. The van der Waals surface area contributed by atoms with Crippen molar-refractivity contribution in [2.75, 3.05) is 40.3 Å². The maximum atomic E-state index is 12.6. The summed E-state index contributed by atoms with van der Waals surface area (Å²) in [6, 6.07) is 0. The van der Waals surface area contributed by atoms with Crippen LogP contribution in [0.2, 0.25) is 0 Å². The van der Waals surface area contributed by atoms with Crippen LogP contribution in [-0.2, 0) is 4.79 Å². The molecule has 98 valence electrons. The number of hydrogen-bond acceptors (Lipinski definition) is 3. The summed E-state index contributed by atoms with van der Waals surface area (Å²) >= 11 is 0. The van der Waals surface area contributed by atoms with Crippen molar-refractivity contribution in [1.29, 1.82) is 0 Å². The fraction of sp³-hybridized carbons (Fsp3) is 0.923. The Morgan fingerprint density at radius 3 is 2.82 bits per heavy atom. The van der Waals surface area contributed by atoms with E-state index in [0.717, 1.165) is 45.4 Å². The van der Waals surface area contributed by atoms with Gasteiger partial charge in [0.1, 0.15) is 0 Å². The molecule has 1 amide bonds. The van der Waals surface area contributed by atoms with Crippen LogP contribution in [0.5, 0.6) is 0 Å². The number of carbonyl (C=O) groups excluding carboxylic acids is 1.